The predicted molar refractivity (Wildman–Crippen MR) is 76.8 cm³/mol. The molecule has 2 rings (SSSR count). The fourth-order valence-electron chi connectivity index (χ4n) is 2.75. The molecule has 0 aliphatic heterocycles. The van der Waals surface area contributed by atoms with Crippen LogP contribution in [0, 0.1) is 5.92 Å². The molecule has 1 atom stereocenters. The number of amides is 1. The van der Waals surface area contributed by atoms with E-state index in [9.17, 15) is 27.2 Å². The summed E-state index contributed by atoms with van der Waals surface area (Å²) in [7, 11) is 0. The molecule has 0 spiro atoms. The van der Waals surface area contributed by atoms with Crippen LogP contribution in [0.1, 0.15) is 43.0 Å². The molecule has 1 aliphatic rings. The number of carboxylic acids is 1. The summed E-state index contributed by atoms with van der Waals surface area (Å²) >= 11 is 0. The Balaban J connectivity index is 1.92. The third-order valence-corrected chi connectivity index (χ3v) is 4.18. The first-order valence-corrected chi connectivity index (χ1v) is 7.53. The summed E-state index contributed by atoms with van der Waals surface area (Å²) in [6.45, 7) is 0. The molecule has 24 heavy (non-hydrogen) atoms. The molecular formula is C16H17F4NO3. The summed E-state index contributed by atoms with van der Waals surface area (Å²) < 4.78 is 51.5. The zero-order chi connectivity index (χ0) is 17.9. The number of halogens is 4. The largest absolute Gasteiger partial charge is 0.481 e. The van der Waals surface area contributed by atoms with Crippen molar-refractivity contribution in [2.45, 2.75) is 44.1 Å². The second-order valence-corrected chi connectivity index (χ2v) is 5.88. The zero-order valence-corrected chi connectivity index (χ0v) is 12.6. The molecule has 1 aromatic rings. The van der Waals surface area contributed by atoms with Gasteiger partial charge in [-0.15, -0.1) is 0 Å². The van der Waals surface area contributed by atoms with Gasteiger partial charge in [-0.2, -0.15) is 13.2 Å². The van der Waals surface area contributed by atoms with Gasteiger partial charge in [0, 0.05) is 6.04 Å². The maximum atomic E-state index is 14.1. The van der Waals surface area contributed by atoms with E-state index in [1.807, 2.05) is 0 Å². The van der Waals surface area contributed by atoms with Crippen molar-refractivity contribution in [3.05, 3.63) is 35.4 Å². The molecule has 0 heterocycles. The van der Waals surface area contributed by atoms with Crippen LogP contribution in [-0.4, -0.2) is 23.0 Å². The van der Waals surface area contributed by atoms with Crippen molar-refractivity contribution in [2.75, 3.05) is 0 Å². The highest BCUT2D eigenvalue weighted by atomic mass is 19.4. The van der Waals surface area contributed by atoms with Gasteiger partial charge in [0.1, 0.15) is 0 Å². The second-order valence-electron chi connectivity index (χ2n) is 5.88. The van der Waals surface area contributed by atoms with E-state index in [1.54, 1.807) is 0 Å². The van der Waals surface area contributed by atoms with E-state index in [4.69, 9.17) is 5.11 Å². The average Bonchev–Trinajstić information content (AvgIpc) is 2.54. The molecule has 1 unspecified atom stereocenters. The van der Waals surface area contributed by atoms with Crippen molar-refractivity contribution in [3.63, 3.8) is 0 Å². The number of alkyl halides is 4. The van der Waals surface area contributed by atoms with Gasteiger partial charge < -0.3 is 10.4 Å². The number of carboxylic acid groups (broad SMARTS) is 1. The Morgan fingerprint density at radius 3 is 2.08 bits per heavy atom. The molecule has 1 amide bonds. The Bertz CT molecular complexity index is 592. The zero-order valence-electron chi connectivity index (χ0n) is 12.6. The third kappa shape index (κ3) is 4.46. The maximum absolute atomic E-state index is 14.1. The first kappa shape index (κ1) is 18.2. The van der Waals surface area contributed by atoms with Crippen molar-refractivity contribution in [3.8, 4) is 0 Å². The van der Waals surface area contributed by atoms with E-state index in [0.717, 1.165) is 24.3 Å². The summed E-state index contributed by atoms with van der Waals surface area (Å²) in [5, 5.41) is 11.4. The lowest BCUT2D eigenvalue weighted by Gasteiger charge is -2.27. The molecule has 0 aromatic heterocycles. The van der Waals surface area contributed by atoms with Crippen LogP contribution in [0.25, 0.3) is 0 Å². The summed E-state index contributed by atoms with van der Waals surface area (Å²) in [5.41, 5.74) is -1.06. The lowest BCUT2D eigenvalue weighted by Crippen LogP contribution is -2.40. The summed E-state index contributed by atoms with van der Waals surface area (Å²) in [5.74, 6) is -2.25. The van der Waals surface area contributed by atoms with Gasteiger partial charge in [0.05, 0.1) is 11.5 Å². The average molecular weight is 347 g/mol. The lowest BCUT2D eigenvalue weighted by molar-refractivity contribution is -0.143. The van der Waals surface area contributed by atoms with Crippen LogP contribution in [-0.2, 0) is 15.8 Å². The highest BCUT2D eigenvalue weighted by Gasteiger charge is 2.32. The van der Waals surface area contributed by atoms with Crippen LogP contribution >= 0.6 is 0 Å². The fourth-order valence-corrected chi connectivity index (χ4v) is 2.75. The number of hydrogen-bond acceptors (Lipinski definition) is 2. The van der Waals surface area contributed by atoms with Gasteiger partial charge in [-0.05, 0) is 43.4 Å². The first-order chi connectivity index (χ1) is 11.2. The Morgan fingerprint density at radius 2 is 1.62 bits per heavy atom. The number of aliphatic carboxylic acids is 1. The van der Waals surface area contributed by atoms with Gasteiger partial charge >= 0.3 is 12.1 Å². The summed E-state index contributed by atoms with van der Waals surface area (Å²) in [6.07, 6.45) is -4.92. The van der Waals surface area contributed by atoms with E-state index in [-0.39, 0.29) is 11.6 Å². The van der Waals surface area contributed by atoms with Crippen molar-refractivity contribution in [1.82, 2.24) is 5.32 Å². The minimum Gasteiger partial charge on any atom is -0.481 e. The van der Waals surface area contributed by atoms with Gasteiger partial charge in [-0.3, -0.25) is 9.59 Å². The maximum Gasteiger partial charge on any atom is 0.416 e. The minimum atomic E-state index is -4.52. The number of nitrogens with one attached hydrogen (secondary N) is 1. The lowest BCUT2D eigenvalue weighted by atomic mass is 9.86. The highest BCUT2D eigenvalue weighted by molar-refractivity contribution is 5.82. The Kier molecular flexibility index (Phi) is 5.46. The SMILES string of the molecule is O=C(O)C1CCC(NC(=O)C(F)c2ccc(C(F)(F)F)cc2)CC1. The first-order valence-electron chi connectivity index (χ1n) is 7.53. The second kappa shape index (κ2) is 7.19. The van der Waals surface area contributed by atoms with E-state index in [0.29, 0.717) is 25.7 Å². The van der Waals surface area contributed by atoms with E-state index in [2.05, 4.69) is 5.32 Å². The van der Waals surface area contributed by atoms with Crippen LogP contribution in [0.15, 0.2) is 24.3 Å². The van der Waals surface area contributed by atoms with Gasteiger partial charge in [0.25, 0.3) is 5.91 Å². The predicted octanol–water partition coefficient (Wildman–Crippen LogP) is 3.48. The standard InChI is InChI=1S/C16H17F4NO3/c17-13(9-1-5-11(6-2-9)16(18,19)20)14(22)21-12-7-3-10(4-8-12)15(23)24/h1-2,5-6,10,12-13H,3-4,7-8H2,(H,21,22)(H,23,24). The molecule has 0 saturated heterocycles. The number of hydrogen-bond donors (Lipinski definition) is 2. The van der Waals surface area contributed by atoms with Crippen molar-refractivity contribution in [1.29, 1.82) is 0 Å². The van der Waals surface area contributed by atoms with E-state index < -0.39 is 35.7 Å². The van der Waals surface area contributed by atoms with Gasteiger partial charge in [-0.25, -0.2) is 4.39 Å². The minimum absolute atomic E-state index is 0.153. The van der Waals surface area contributed by atoms with Crippen molar-refractivity contribution in [2.24, 2.45) is 5.92 Å². The molecule has 2 N–H and O–H groups in total. The van der Waals surface area contributed by atoms with Crippen LogP contribution < -0.4 is 5.32 Å². The molecule has 1 aliphatic carbocycles. The Morgan fingerprint density at radius 1 is 1.08 bits per heavy atom. The smallest absolute Gasteiger partial charge is 0.416 e. The topological polar surface area (TPSA) is 66.4 Å². The molecule has 0 radical (unpaired) electrons. The number of rotatable bonds is 4. The third-order valence-electron chi connectivity index (χ3n) is 4.18. The molecule has 1 aromatic carbocycles. The fraction of sp³-hybridized carbons (Fsp3) is 0.500. The van der Waals surface area contributed by atoms with Crippen LogP contribution in [0.4, 0.5) is 17.6 Å². The molecule has 1 fully saturated rings. The van der Waals surface area contributed by atoms with Crippen LogP contribution in [0.2, 0.25) is 0 Å². The molecular weight excluding hydrogens is 330 g/mol. The number of benzene rings is 1. The van der Waals surface area contributed by atoms with Crippen molar-refractivity contribution < 1.29 is 32.3 Å². The Labute approximate surface area is 135 Å². The molecule has 0 bridgehead atoms. The van der Waals surface area contributed by atoms with Gasteiger partial charge in [0.2, 0.25) is 6.17 Å². The highest BCUT2D eigenvalue weighted by Crippen LogP contribution is 2.31. The molecule has 1 saturated carbocycles. The van der Waals surface area contributed by atoms with Gasteiger partial charge in [-0.1, -0.05) is 12.1 Å². The van der Waals surface area contributed by atoms with E-state index >= 15 is 0 Å². The van der Waals surface area contributed by atoms with Crippen LogP contribution in [0.5, 0.6) is 0 Å². The number of carbonyl (C=O) groups excluding carboxylic acids is 1. The molecule has 8 heteroatoms. The van der Waals surface area contributed by atoms with E-state index in [1.165, 1.54) is 0 Å². The molecule has 4 nitrogen and oxygen atoms in total. The van der Waals surface area contributed by atoms with Gasteiger partial charge in [0.15, 0.2) is 0 Å². The number of carbonyl (C=O) groups is 2. The monoisotopic (exact) mass is 347 g/mol. The Hall–Kier alpha value is -2.12. The van der Waals surface area contributed by atoms with Crippen molar-refractivity contribution >= 4 is 11.9 Å². The summed E-state index contributed by atoms with van der Waals surface area (Å²) in [6, 6.07) is 3.02. The normalized spacial score (nSPS) is 22.7. The molecule has 132 valence electrons. The van der Waals surface area contributed by atoms with Crippen LogP contribution in [0.3, 0.4) is 0 Å². The quantitative estimate of drug-likeness (QED) is 0.820. The summed E-state index contributed by atoms with van der Waals surface area (Å²) in [4.78, 5) is 22.7.